The molecule has 0 rings (SSSR count). The molecular weight excluding hydrogens is 240 g/mol. The standard InChI is InChI=1S/C15H20N2O2/c1-5-14(10-11-16-4)12-17(6-2)15(19)9-7-8-13(3)18/h5-7,9-11H,2,4,8,12H2,1,3H3/b9-7-,11-10-,14-5+. The number of carbonyl (C=O) groups excluding carboxylic acids is 2. The second kappa shape index (κ2) is 9.76. The highest BCUT2D eigenvalue weighted by atomic mass is 16.2. The van der Waals surface area contributed by atoms with Crippen LogP contribution in [0.1, 0.15) is 20.3 Å². The number of carbonyl (C=O) groups is 2. The Morgan fingerprint density at radius 3 is 2.47 bits per heavy atom. The van der Waals surface area contributed by atoms with Gasteiger partial charge in [-0.3, -0.25) is 14.6 Å². The van der Waals surface area contributed by atoms with Gasteiger partial charge in [-0.2, -0.15) is 0 Å². The second-order valence-corrected chi connectivity index (χ2v) is 3.82. The van der Waals surface area contributed by atoms with Gasteiger partial charge in [-0.1, -0.05) is 18.7 Å². The van der Waals surface area contributed by atoms with Crippen LogP contribution in [-0.4, -0.2) is 29.9 Å². The van der Waals surface area contributed by atoms with E-state index in [2.05, 4.69) is 18.3 Å². The van der Waals surface area contributed by atoms with Gasteiger partial charge in [0, 0.05) is 18.8 Å². The van der Waals surface area contributed by atoms with E-state index in [4.69, 9.17) is 0 Å². The summed E-state index contributed by atoms with van der Waals surface area (Å²) in [6.45, 7) is 10.7. The molecule has 0 aromatic carbocycles. The van der Waals surface area contributed by atoms with E-state index in [0.717, 1.165) is 5.57 Å². The highest BCUT2D eigenvalue weighted by molar-refractivity contribution is 5.89. The summed E-state index contributed by atoms with van der Waals surface area (Å²) in [5.41, 5.74) is 0.917. The van der Waals surface area contributed by atoms with Gasteiger partial charge < -0.3 is 4.90 Å². The van der Waals surface area contributed by atoms with Crippen LogP contribution in [0.4, 0.5) is 0 Å². The molecule has 4 heteroatoms. The Hall–Kier alpha value is -2.23. The Kier molecular flexibility index (Phi) is 8.62. The molecule has 0 spiro atoms. The monoisotopic (exact) mass is 260 g/mol. The molecule has 0 aliphatic rings. The molecule has 0 aromatic rings. The normalized spacial score (nSPS) is 11.8. The first-order valence-electron chi connectivity index (χ1n) is 5.91. The smallest absolute Gasteiger partial charge is 0.250 e. The zero-order chi connectivity index (χ0) is 14.7. The topological polar surface area (TPSA) is 49.7 Å². The van der Waals surface area contributed by atoms with Crippen LogP contribution in [0.25, 0.3) is 0 Å². The number of ketones is 1. The average Bonchev–Trinajstić information content (AvgIpc) is 2.38. The largest absolute Gasteiger partial charge is 0.312 e. The lowest BCUT2D eigenvalue weighted by Gasteiger charge is -2.16. The Morgan fingerprint density at radius 2 is 2.00 bits per heavy atom. The third kappa shape index (κ3) is 7.65. The van der Waals surface area contributed by atoms with Crippen molar-refractivity contribution in [2.24, 2.45) is 4.99 Å². The molecule has 102 valence electrons. The summed E-state index contributed by atoms with van der Waals surface area (Å²) in [6, 6.07) is 0. The van der Waals surface area contributed by atoms with Gasteiger partial charge in [-0.25, -0.2) is 0 Å². The number of Topliss-reactive ketones (excluding diaryl/α,β-unsaturated/α-hetero) is 1. The number of rotatable bonds is 8. The molecule has 0 aliphatic heterocycles. The first kappa shape index (κ1) is 16.8. The minimum Gasteiger partial charge on any atom is -0.312 e. The number of allylic oxidation sites excluding steroid dienone is 2. The van der Waals surface area contributed by atoms with Crippen LogP contribution in [0, 0.1) is 0 Å². The van der Waals surface area contributed by atoms with Gasteiger partial charge >= 0.3 is 0 Å². The second-order valence-electron chi connectivity index (χ2n) is 3.82. The van der Waals surface area contributed by atoms with Crippen molar-refractivity contribution in [3.8, 4) is 0 Å². The number of amides is 1. The molecule has 0 N–H and O–H groups in total. The number of nitrogens with zero attached hydrogens (tertiary/aromatic N) is 2. The lowest BCUT2D eigenvalue weighted by Crippen LogP contribution is -2.25. The third-order valence-corrected chi connectivity index (χ3v) is 2.29. The Morgan fingerprint density at radius 1 is 1.32 bits per heavy atom. The maximum Gasteiger partial charge on any atom is 0.250 e. The lowest BCUT2D eigenvalue weighted by molar-refractivity contribution is -0.123. The average molecular weight is 260 g/mol. The van der Waals surface area contributed by atoms with Crippen LogP contribution in [0.5, 0.6) is 0 Å². The summed E-state index contributed by atoms with van der Waals surface area (Å²) in [4.78, 5) is 27.7. The Balaban J connectivity index is 4.64. The van der Waals surface area contributed by atoms with Crippen molar-refractivity contribution in [2.45, 2.75) is 20.3 Å². The fraction of sp³-hybridized carbons (Fsp3) is 0.267. The fourth-order valence-corrected chi connectivity index (χ4v) is 1.24. The van der Waals surface area contributed by atoms with Crippen molar-refractivity contribution >= 4 is 18.4 Å². The highest BCUT2D eigenvalue weighted by Crippen LogP contribution is 2.04. The van der Waals surface area contributed by atoms with Gasteiger partial charge in [0.1, 0.15) is 5.78 Å². The van der Waals surface area contributed by atoms with Crippen molar-refractivity contribution in [1.82, 2.24) is 4.90 Å². The van der Waals surface area contributed by atoms with Crippen LogP contribution in [-0.2, 0) is 9.59 Å². The molecule has 0 fully saturated rings. The fourth-order valence-electron chi connectivity index (χ4n) is 1.24. The Bertz CT molecular complexity index is 431. The van der Waals surface area contributed by atoms with E-state index in [0.29, 0.717) is 6.54 Å². The van der Waals surface area contributed by atoms with Gasteiger partial charge in [-0.05, 0) is 38.3 Å². The zero-order valence-corrected chi connectivity index (χ0v) is 11.5. The van der Waals surface area contributed by atoms with Crippen molar-refractivity contribution in [1.29, 1.82) is 0 Å². The predicted molar refractivity (Wildman–Crippen MR) is 78.8 cm³/mol. The summed E-state index contributed by atoms with van der Waals surface area (Å²) < 4.78 is 0. The van der Waals surface area contributed by atoms with E-state index in [1.165, 1.54) is 24.1 Å². The van der Waals surface area contributed by atoms with Gasteiger partial charge in [0.05, 0.1) is 6.54 Å². The molecule has 1 amide bonds. The van der Waals surface area contributed by atoms with Gasteiger partial charge in [0.15, 0.2) is 0 Å². The number of hydrogen-bond donors (Lipinski definition) is 0. The van der Waals surface area contributed by atoms with Gasteiger partial charge in [0.2, 0.25) is 5.91 Å². The summed E-state index contributed by atoms with van der Waals surface area (Å²) in [5.74, 6) is -0.195. The van der Waals surface area contributed by atoms with E-state index in [-0.39, 0.29) is 18.1 Å². The molecule has 0 radical (unpaired) electrons. The molecule has 0 bridgehead atoms. The maximum absolute atomic E-state index is 11.9. The van der Waals surface area contributed by atoms with E-state index < -0.39 is 0 Å². The molecular formula is C15H20N2O2. The highest BCUT2D eigenvalue weighted by Gasteiger charge is 2.07. The molecule has 19 heavy (non-hydrogen) atoms. The quantitative estimate of drug-likeness (QED) is 0.383. The molecule has 4 nitrogen and oxygen atoms in total. The van der Waals surface area contributed by atoms with E-state index >= 15 is 0 Å². The van der Waals surface area contributed by atoms with Crippen LogP contribution in [0.3, 0.4) is 0 Å². The van der Waals surface area contributed by atoms with Crippen LogP contribution >= 0.6 is 0 Å². The van der Waals surface area contributed by atoms with Crippen molar-refractivity contribution in [3.63, 3.8) is 0 Å². The molecule has 0 aromatic heterocycles. The zero-order valence-electron chi connectivity index (χ0n) is 11.5. The van der Waals surface area contributed by atoms with Crippen molar-refractivity contribution in [3.05, 3.63) is 48.9 Å². The molecule has 0 unspecified atom stereocenters. The molecule has 0 saturated heterocycles. The molecule has 0 aliphatic carbocycles. The predicted octanol–water partition coefficient (Wildman–Crippen LogP) is 2.65. The van der Waals surface area contributed by atoms with Crippen molar-refractivity contribution < 1.29 is 9.59 Å². The minimum absolute atomic E-state index is 0.0170. The third-order valence-electron chi connectivity index (χ3n) is 2.29. The summed E-state index contributed by atoms with van der Waals surface area (Å²) in [6.07, 6.45) is 9.86. The number of hydrogen-bond acceptors (Lipinski definition) is 3. The molecule has 0 atom stereocenters. The summed E-state index contributed by atoms with van der Waals surface area (Å²) in [5, 5.41) is 0. The summed E-state index contributed by atoms with van der Waals surface area (Å²) >= 11 is 0. The Labute approximate surface area is 114 Å². The maximum atomic E-state index is 11.9. The van der Waals surface area contributed by atoms with Gasteiger partial charge in [-0.15, -0.1) is 0 Å². The van der Waals surface area contributed by atoms with Gasteiger partial charge in [0.25, 0.3) is 0 Å². The van der Waals surface area contributed by atoms with Crippen LogP contribution in [0.2, 0.25) is 0 Å². The van der Waals surface area contributed by atoms with Crippen LogP contribution in [0.15, 0.2) is 53.8 Å². The minimum atomic E-state index is -0.212. The van der Waals surface area contributed by atoms with E-state index in [1.54, 1.807) is 18.4 Å². The van der Waals surface area contributed by atoms with Crippen LogP contribution < -0.4 is 0 Å². The van der Waals surface area contributed by atoms with Crippen molar-refractivity contribution in [2.75, 3.05) is 6.54 Å². The SMILES string of the molecule is C=CN(CC(/C=C\N=C)=C/C)C(=O)/C=C\CC(C)=O. The number of aliphatic imine (C=N–C) groups is 1. The molecule has 0 heterocycles. The first-order chi connectivity index (χ1) is 9.04. The van der Waals surface area contributed by atoms with E-state index in [1.807, 2.05) is 13.0 Å². The van der Waals surface area contributed by atoms with E-state index in [9.17, 15) is 9.59 Å². The summed E-state index contributed by atoms with van der Waals surface area (Å²) in [7, 11) is 0. The lowest BCUT2D eigenvalue weighted by atomic mass is 10.2. The first-order valence-corrected chi connectivity index (χ1v) is 5.91. The molecule has 0 saturated carbocycles.